The number of rotatable bonds is 2. The number of aromatic nitrogens is 1. The van der Waals surface area contributed by atoms with E-state index >= 15 is 0 Å². The van der Waals surface area contributed by atoms with Gasteiger partial charge < -0.3 is 10.6 Å². The summed E-state index contributed by atoms with van der Waals surface area (Å²) in [6, 6.07) is 1.90. The molecule has 0 unspecified atom stereocenters. The Labute approximate surface area is 94.8 Å². The van der Waals surface area contributed by atoms with Crippen molar-refractivity contribution in [3.63, 3.8) is 0 Å². The smallest absolute Gasteiger partial charge is 0.251 e. The minimum absolute atomic E-state index is 0.0381. The molecule has 2 N–H and O–H groups in total. The van der Waals surface area contributed by atoms with Gasteiger partial charge >= 0.3 is 0 Å². The molecular weight excluding hydrogens is 202 g/mol. The van der Waals surface area contributed by atoms with Crippen molar-refractivity contribution >= 4 is 11.6 Å². The first-order chi connectivity index (χ1) is 7.66. The zero-order valence-electron chi connectivity index (χ0n) is 9.50. The predicted molar refractivity (Wildman–Crippen MR) is 63.2 cm³/mol. The van der Waals surface area contributed by atoms with Gasteiger partial charge in [-0.2, -0.15) is 0 Å². The van der Waals surface area contributed by atoms with Crippen molar-refractivity contribution in [3.8, 4) is 0 Å². The fraction of sp³-hybridized carbons (Fsp3) is 0.333. The van der Waals surface area contributed by atoms with Crippen LogP contribution >= 0.6 is 0 Å². The lowest BCUT2D eigenvalue weighted by Crippen LogP contribution is -2.36. The van der Waals surface area contributed by atoms with E-state index in [4.69, 9.17) is 0 Å². The molecule has 4 heteroatoms. The van der Waals surface area contributed by atoms with Crippen LogP contribution in [0.2, 0.25) is 0 Å². The van der Waals surface area contributed by atoms with Crippen LogP contribution < -0.4 is 10.6 Å². The van der Waals surface area contributed by atoms with Crippen LogP contribution in [0.3, 0.4) is 0 Å². The minimum atomic E-state index is -0.0381. The van der Waals surface area contributed by atoms with E-state index in [1.807, 2.05) is 19.9 Å². The first-order valence-electron chi connectivity index (χ1n) is 5.29. The summed E-state index contributed by atoms with van der Waals surface area (Å²) in [5.74, 6) is -0.0381. The number of pyridine rings is 1. The second-order valence-corrected chi connectivity index (χ2v) is 4.04. The van der Waals surface area contributed by atoms with Crippen LogP contribution in [0.25, 0.3) is 0 Å². The number of nitrogens with zero attached hydrogens (tertiary/aromatic N) is 1. The number of amides is 1. The van der Waals surface area contributed by atoms with Gasteiger partial charge in [0, 0.05) is 24.9 Å². The van der Waals surface area contributed by atoms with Crippen LogP contribution in [0.4, 0.5) is 5.69 Å². The number of hydrogen-bond acceptors (Lipinski definition) is 3. The molecule has 1 aromatic rings. The Bertz CT molecular complexity index is 445. The van der Waals surface area contributed by atoms with Crippen LogP contribution in [0.15, 0.2) is 29.6 Å². The van der Waals surface area contributed by atoms with Gasteiger partial charge in [0.25, 0.3) is 5.91 Å². The topological polar surface area (TPSA) is 54.0 Å². The third-order valence-electron chi connectivity index (χ3n) is 2.68. The molecule has 0 aromatic carbocycles. The van der Waals surface area contributed by atoms with Crippen molar-refractivity contribution in [1.29, 1.82) is 0 Å². The number of anilines is 1. The van der Waals surface area contributed by atoms with Gasteiger partial charge in [-0.3, -0.25) is 9.78 Å². The summed E-state index contributed by atoms with van der Waals surface area (Å²) in [7, 11) is 0. The van der Waals surface area contributed by atoms with Crippen LogP contribution in [0, 0.1) is 6.92 Å². The molecule has 1 aromatic heterocycles. The lowest BCUT2D eigenvalue weighted by atomic mass is 10.0. The van der Waals surface area contributed by atoms with Crippen LogP contribution in [0.5, 0.6) is 0 Å². The molecule has 1 fully saturated rings. The zero-order valence-corrected chi connectivity index (χ0v) is 9.50. The first-order valence-corrected chi connectivity index (χ1v) is 5.29. The Balaban J connectivity index is 2.07. The lowest BCUT2D eigenvalue weighted by Gasteiger charge is -2.21. The Morgan fingerprint density at radius 3 is 2.75 bits per heavy atom. The van der Waals surface area contributed by atoms with Gasteiger partial charge in [-0.15, -0.1) is 0 Å². The maximum absolute atomic E-state index is 11.8. The maximum atomic E-state index is 11.8. The van der Waals surface area contributed by atoms with Crippen molar-refractivity contribution in [2.24, 2.45) is 0 Å². The van der Waals surface area contributed by atoms with E-state index in [9.17, 15) is 4.79 Å². The standard InChI is InChI=1S/C12H15N3O/c1-8-3-11(7-13-4-8)15-12(16)9(2)10-5-14-6-10/h3-4,7,14H,5-6H2,1-2H3,(H,15,16). The Kier molecular flexibility index (Phi) is 3.01. The second-order valence-electron chi connectivity index (χ2n) is 4.04. The molecule has 1 amide bonds. The Morgan fingerprint density at radius 2 is 2.19 bits per heavy atom. The van der Waals surface area contributed by atoms with Crippen LogP contribution in [-0.4, -0.2) is 24.0 Å². The SMILES string of the molecule is CC(C(=O)Nc1cncc(C)c1)=C1CNC1. The summed E-state index contributed by atoms with van der Waals surface area (Å²) < 4.78 is 0. The van der Waals surface area contributed by atoms with Gasteiger partial charge in [0.2, 0.25) is 0 Å². The average Bonchev–Trinajstić information content (AvgIpc) is 2.14. The monoisotopic (exact) mass is 217 g/mol. The molecule has 1 saturated heterocycles. The molecular formula is C12H15N3O. The Hall–Kier alpha value is -1.68. The highest BCUT2D eigenvalue weighted by molar-refractivity contribution is 6.04. The number of hydrogen-bond donors (Lipinski definition) is 2. The third-order valence-corrected chi connectivity index (χ3v) is 2.68. The fourth-order valence-corrected chi connectivity index (χ4v) is 1.52. The van der Waals surface area contributed by atoms with Gasteiger partial charge in [-0.05, 0) is 31.1 Å². The van der Waals surface area contributed by atoms with E-state index in [2.05, 4.69) is 15.6 Å². The van der Waals surface area contributed by atoms with E-state index in [-0.39, 0.29) is 5.91 Å². The van der Waals surface area contributed by atoms with E-state index in [1.165, 1.54) is 5.57 Å². The summed E-state index contributed by atoms with van der Waals surface area (Å²) in [5, 5.41) is 5.96. The van der Waals surface area contributed by atoms with Gasteiger partial charge in [0.1, 0.15) is 0 Å². The first kappa shape index (κ1) is 10.8. The van der Waals surface area contributed by atoms with Crippen LogP contribution in [0.1, 0.15) is 12.5 Å². The molecule has 0 aliphatic carbocycles. The quantitative estimate of drug-likeness (QED) is 0.733. The molecule has 0 radical (unpaired) electrons. The summed E-state index contributed by atoms with van der Waals surface area (Å²) in [6.07, 6.45) is 3.42. The van der Waals surface area contributed by atoms with Gasteiger partial charge in [-0.25, -0.2) is 0 Å². The molecule has 0 spiro atoms. The normalized spacial score (nSPS) is 14.2. The van der Waals surface area contributed by atoms with E-state index in [0.717, 1.165) is 29.9 Å². The maximum Gasteiger partial charge on any atom is 0.251 e. The summed E-state index contributed by atoms with van der Waals surface area (Å²) in [4.78, 5) is 15.9. The van der Waals surface area contributed by atoms with E-state index in [1.54, 1.807) is 12.4 Å². The second kappa shape index (κ2) is 4.45. The molecule has 16 heavy (non-hydrogen) atoms. The summed E-state index contributed by atoms with van der Waals surface area (Å²) in [6.45, 7) is 5.45. The minimum Gasteiger partial charge on any atom is -0.321 e. The Morgan fingerprint density at radius 1 is 1.44 bits per heavy atom. The molecule has 84 valence electrons. The molecule has 1 aliphatic heterocycles. The summed E-state index contributed by atoms with van der Waals surface area (Å²) >= 11 is 0. The predicted octanol–water partition coefficient (Wildman–Crippen LogP) is 1.25. The zero-order chi connectivity index (χ0) is 11.5. The number of carbonyl (C=O) groups excluding carboxylic acids is 1. The number of aryl methyl sites for hydroxylation is 1. The highest BCUT2D eigenvalue weighted by Crippen LogP contribution is 2.13. The summed E-state index contributed by atoms with van der Waals surface area (Å²) in [5.41, 5.74) is 3.77. The number of nitrogens with one attached hydrogen (secondary N) is 2. The van der Waals surface area contributed by atoms with Crippen molar-refractivity contribution < 1.29 is 4.79 Å². The average molecular weight is 217 g/mol. The van der Waals surface area contributed by atoms with Crippen LogP contribution in [-0.2, 0) is 4.79 Å². The molecule has 0 saturated carbocycles. The van der Waals surface area contributed by atoms with E-state index in [0.29, 0.717) is 0 Å². The molecule has 2 heterocycles. The fourth-order valence-electron chi connectivity index (χ4n) is 1.52. The van der Waals surface area contributed by atoms with Crippen molar-refractivity contribution in [2.45, 2.75) is 13.8 Å². The van der Waals surface area contributed by atoms with Gasteiger partial charge in [0.15, 0.2) is 0 Å². The highest BCUT2D eigenvalue weighted by atomic mass is 16.1. The molecule has 0 atom stereocenters. The largest absolute Gasteiger partial charge is 0.321 e. The highest BCUT2D eigenvalue weighted by Gasteiger charge is 2.15. The van der Waals surface area contributed by atoms with Crippen molar-refractivity contribution in [2.75, 3.05) is 18.4 Å². The van der Waals surface area contributed by atoms with Gasteiger partial charge in [-0.1, -0.05) is 0 Å². The molecule has 0 bridgehead atoms. The van der Waals surface area contributed by atoms with Gasteiger partial charge in [0.05, 0.1) is 11.9 Å². The third kappa shape index (κ3) is 2.28. The number of carbonyl (C=O) groups is 1. The molecule has 2 rings (SSSR count). The molecule has 1 aliphatic rings. The van der Waals surface area contributed by atoms with E-state index < -0.39 is 0 Å². The van der Waals surface area contributed by atoms with Crippen molar-refractivity contribution in [3.05, 3.63) is 35.2 Å². The van der Waals surface area contributed by atoms with Crippen molar-refractivity contribution in [1.82, 2.24) is 10.3 Å². The molecule has 4 nitrogen and oxygen atoms in total. The lowest BCUT2D eigenvalue weighted by molar-refractivity contribution is -0.112.